The molecule has 4 heteroatoms. The van der Waals surface area contributed by atoms with Crippen molar-refractivity contribution in [2.75, 3.05) is 24.5 Å². The standard InChI is InChI=1S/C16H25N3O/c1-3-9-19(11-13-5-4-8-18-13)14-6-7-15(16(17)20)12(2)10-14/h6-7,10,13,18H,3-5,8-9,11H2,1-2H3,(H2,17,20). The van der Waals surface area contributed by atoms with Crippen molar-refractivity contribution in [3.05, 3.63) is 29.3 Å². The number of carbonyl (C=O) groups excluding carboxylic acids is 1. The predicted octanol–water partition coefficient (Wildman–Crippen LogP) is 2.06. The lowest BCUT2D eigenvalue weighted by Gasteiger charge is -2.28. The highest BCUT2D eigenvalue weighted by atomic mass is 16.1. The number of hydrogen-bond donors (Lipinski definition) is 2. The predicted molar refractivity (Wildman–Crippen MR) is 83.2 cm³/mol. The van der Waals surface area contributed by atoms with Gasteiger partial charge in [-0.25, -0.2) is 0 Å². The molecule has 1 aromatic rings. The van der Waals surface area contributed by atoms with E-state index in [1.54, 1.807) is 0 Å². The molecule has 0 aliphatic carbocycles. The van der Waals surface area contributed by atoms with Gasteiger partial charge in [0.15, 0.2) is 0 Å². The molecular weight excluding hydrogens is 250 g/mol. The van der Waals surface area contributed by atoms with Crippen LogP contribution in [0.15, 0.2) is 18.2 Å². The Hall–Kier alpha value is -1.55. The molecule has 1 atom stereocenters. The Kier molecular flexibility index (Phi) is 5.01. The van der Waals surface area contributed by atoms with Gasteiger partial charge in [0.05, 0.1) is 0 Å². The Balaban J connectivity index is 2.15. The van der Waals surface area contributed by atoms with Crippen LogP contribution < -0.4 is 16.0 Å². The van der Waals surface area contributed by atoms with Gasteiger partial charge in [-0.1, -0.05) is 6.92 Å². The molecule has 2 rings (SSSR count). The highest BCUT2D eigenvalue weighted by Gasteiger charge is 2.18. The Morgan fingerprint density at radius 2 is 2.30 bits per heavy atom. The maximum Gasteiger partial charge on any atom is 0.248 e. The molecule has 1 heterocycles. The summed E-state index contributed by atoms with van der Waals surface area (Å²) in [5, 5.41) is 3.54. The number of nitrogens with zero attached hydrogens (tertiary/aromatic N) is 1. The molecule has 110 valence electrons. The number of rotatable bonds is 6. The van der Waals surface area contributed by atoms with Crippen molar-refractivity contribution in [1.82, 2.24) is 5.32 Å². The normalized spacial score (nSPS) is 18.2. The minimum absolute atomic E-state index is 0.353. The number of carbonyl (C=O) groups is 1. The molecular formula is C16H25N3O. The fourth-order valence-corrected chi connectivity index (χ4v) is 2.90. The summed E-state index contributed by atoms with van der Waals surface area (Å²) in [5.74, 6) is -0.353. The fraction of sp³-hybridized carbons (Fsp3) is 0.562. The molecule has 1 unspecified atom stereocenters. The SMILES string of the molecule is CCCN(CC1CCCN1)c1ccc(C(N)=O)c(C)c1. The second-order valence-electron chi connectivity index (χ2n) is 5.60. The third-order valence-electron chi connectivity index (χ3n) is 3.94. The van der Waals surface area contributed by atoms with Crippen LogP contribution in [0.25, 0.3) is 0 Å². The lowest BCUT2D eigenvalue weighted by Crippen LogP contribution is -2.38. The first-order valence-corrected chi connectivity index (χ1v) is 7.50. The van der Waals surface area contributed by atoms with Crippen molar-refractivity contribution in [3.8, 4) is 0 Å². The molecule has 3 N–H and O–H groups in total. The fourth-order valence-electron chi connectivity index (χ4n) is 2.90. The van der Waals surface area contributed by atoms with Crippen LogP contribution in [0, 0.1) is 6.92 Å². The van der Waals surface area contributed by atoms with Gasteiger partial charge in [-0.3, -0.25) is 4.79 Å². The maximum absolute atomic E-state index is 11.3. The van der Waals surface area contributed by atoms with Crippen LogP contribution >= 0.6 is 0 Å². The summed E-state index contributed by atoms with van der Waals surface area (Å²) >= 11 is 0. The topological polar surface area (TPSA) is 58.4 Å². The minimum Gasteiger partial charge on any atom is -0.370 e. The first-order valence-electron chi connectivity index (χ1n) is 7.50. The van der Waals surface area contributed by atoms with Crippen molar-refractivity contribution >= 4 is 11.6 Å². The van der Waals surface area contributed by atoms with E-state index in [0.29, 0.717) is 11.6 Å². The average molecular weight is 275 g/mol. The van der Waals surface area contributed by atoms with E-state index in [1.807, 2.05) is 19.1 Å². The molecule has 0 spiro atoms. The number of hydrogen-bond acceptors (Lipinski definition) is 3. The summed E-state index contributed by atoms with van der Waals surface area (Å²) < 4.78 is 0. The molecule has 1 aliphatic heterocycles. The van der Waals surface area contributed by atoms with Crippen molar-refractivity contribution < 1.29 is 4.79 Å². The summed E-state index contributed by atoms with van der Waals surface area (Å²) in [7, 11) is 0. The Labute approximate surface area is 121 Å². The first-order chi connectivity index (χ1) is 9.61. The van der Waals surface area contributed by atoms with Gasteiger partial charge in [0, 0.05) is 30.4 Å². The smallest absolute Gasteiger partial charge is 0.248 e. The highest BCUT2D eigenvalue weighted by Crippen LogP contribution is 2.21. The number of anilines is 1. The van der Waals surface area contributed by atoms with E-state index in [0.717, 1.165) is 31.6 Å². The van der Waals surface area contributed by atoms with Crippen LogP contribution in [0.2, 0.25) is 0 Å². The van der Waals surface area contributed by atoms with Gasteiger partial charge >= 0.3 is 0 Å². The molecule has 0 radical (unpaired) electrons. The van der Waals surface area contributed by atoms with Crippen molar-refractivity contribution in [2.45, 2.75) is 39.2 Å². The van der Waals surface area contributed by atoms with E-state index < -0.39 is 0 Å². The molecule has 4 nitrogen and oxygen atoms in total. The molecule has 1 saturated heterocycles. The molecule has 1 fully saturated rings. The summed E-state index contributed by atoms with van der Waals surface area (Å²) in [4.78, 5) is 13.7. The van der Waals surface area contributed by atoms with E-state index in [1.165, 1.54) is 18.5 Å². The van der Waals surface area contributed by atoms with E-state index in [9.17, 15) is 4.79 Å². The second kappa shape index (κ2) is 6.75. The number of benzene rings is 1. The van der Waals surface area contributed by atoms with Crippen LogP contribution in [0.5, 0.6) is 0 Å². The number of aryl methyl sites for hydroxylation is 1. The van der Waals surface area contributed by atoms with E-state index in [-0.39, 0.29) is 5.91 Å². The Morgan fingerprint density at radius 3 is 2.85 bits per heavy atom. The molecule has 0 aromatic heterocycles. The summed E-state index contributed by atoms with van der Waals surface area (Å²) in [6.07, 6.45) is 3.63. The molecule has 1 aliphatic rings. The lowest BCUT2D eigenvalue weighted by atomic mass is 10.1. The Bertz CT molecular complexity index is 467. The first kappa shape index (κ1) is 14.9. The van der Waals surface area contributed by atoms with Crippen LogP contribution in [0.1, 0.15) is 42.1 Å². The zero-order chi connectivity index (χ0) is 14.5. The van der Waals surface area contributed by atoms with Gasteiger partial charge in [0.2, 0.25) is 5.91 Å². The van der Waals surface area contributed by atoms with Gasteiger partial charge in [-0.2, -0.15) is 0 Å². The van der Waals surface area contributed by atoms with Crippen LogP contribution in [-0.4, -0.2) is 31.6 Å². The summed E-state index contributed by atoms with van der Waals surface area (Å²) in [6, 6.07) is 6.51. The van der Waals surface area contributed by atoms with Crippen molar-refractivity contribution in [2.24, 2.45) is 5.73 Å². The largest absolute Gasteiger partial charge is 0.370 e. The van der Waals surface area contributed by atoms with E-state index in [2.05, 4.69) is 23.2 Å². The molecule has 1 amide bonds. The van der Waals surface area contributed by atoms with Gasteiger partial charge in [-0.15, -0.1) is 0 Å². The number of nitrogens with two attached hydrogens (primary N) is 1. The average Bonchev–Trinajstić information content (AvgIpc) is 2.90. The van der Waals surface area contributed by atoms with Gasteiger partial charge in [0.25, 0.3) is 0 Å². The lowest BCUT2D eigenvalue weighted by molar-refractivity contribution is 0.0999. The molecule has 1 aromatic carbocycles. The maximum atomic E-state index is 11.3. The van der Waals surface area contributed by atoms with Gasteiger partial charge in [0.1, 0.15) is 0 Å². The van der Waals surface area contributed by atoms with E-state index >= 15 is 0 Å². The monoisotopic (exact) mass is 275 g/mol. The van der Waals surface area contributed by atoms with Gasteiger partial charge < -0.3 is 16.0 Å². The summed E-state index contributed by atoms with van der Waals surface area (Å²) in [6.45, 7) is 7.34. The van der Waals surface area contributed by atoms with Crippen LogP contribution in [0.3, 0.4) is 0 Å². The van der Waals surface area contributed by atoms with Crippen LogP contribution in [0.4, 0.5) is 5.69 Å². The van der Waals surface area contributed by atoms with Crippen molar-refractivity contribution in [1.29, 1.82) is 0 Å². The molecule has 0 saturated carbocycles. The van der Waals surface area contributed by atoms with Gasteiger partial charge in [-0.05, 0) is 56.5 Å². The quantitative estimate of drug-likeness (QED) is 0.835. The number of amides is 1. The highest BCUT2D eigenvalue weighted by molar-refractivity contribution is 5.94. The van der Waals surface area contributed by atoms with Crippen LogP contribution in [-0.2, 0) is 0 Å². The summed E-state index contributed by atoms with van der Waals surface area (Å²) in [5.41, 5.74) is 8.12. The zero-order valence-corrected chi connectivity index (χ0v) is 12.5. The molecule has 20 heavy (non-hydrogen) atoms. The third kappa shape index (κ3) is 3.51. The van der Waals surface area contributed by atoms with E-state index in [4.69, 9.17) is 5.73 Å². The Morgan fingerprint density at radius 1 is 1.50 bits per heavy atom. The van der Waals surface area contributed by atoms with Crippen molar-refractivity contribution in [3.63, 3.8) is 0 Å². The second-order valence-corrected chi connectivity index (χ2v) is 5.60. The third-order valence-corrected chi connectivity index (χ3v) is 3.94. The number of nitrogens with one attached hydrogen (secondary N) is 1. The molecule has 0 bridgehead atoms. The minimum atomic E-state index is -0.353. The zero-order valence-electron chi connectivity index (χ0n) is 12.5. The number of primary amides is 1.